The Labute approximate surface area is 95.6 Å². The normalized spacial score (nSPS) is 9.88. The number of benzene rings is 1. The van der Waals surface area contributed by atoms with Crippen LogP contribution in [0.25, 0.3) is 21.3 Å². The Morgan fingerprint density at radius 2 is 2.29 bits per heavy atom. The molecule has 17 heavy (non-hydrogen) atoms. The summed E-state index contributed by atoms with van der Waals surface area (Å²) in [7, 11) is 0. The zero-order valence-corrected chi connectivity index (χ0v) is 8.71. The van der Waals surface area contributed by atoms with Crippen LogP contribution in [-0.2, 0) is 6.54 Å². The predicted molar refractivity (Wildman–Crippen MR) is 60.6 cm³/mol. The van der Waals surface area contributed by atoms with Crippen LogP contribution in [0.1, 0.15) is 16.1 Å². The average molecular weight is 228 g/mol. The minimum atomic E-state index is -0.613. The molecular formula is C10H8N6O. The van der Waals surface area contributed by atoms with Gasteiger partial charge in [-0.2, -0.15) is 0 Å². The fourth-order valence-corrected chi connectivity index (χ4v) is 1.56. The van der Waals surface area contributed by atoms with Crippen LogP contribution in [0, 0.1) is 5.53 Å². The minimum Gasteiger partial charge on any atom is -0.350 e. The van der Waals surface area contributed by atoms with E-state index in [1.54, 1.807) is 12.1 Å². The Morgan fingerprint density at radius 3 is 3.00 bits per heavy atom. The lowest BCUT2D eigenvalue weighted by Gasteiger charge is -1.95. The molecule has 2 aromatic rings. The summed E-state index contributed by atoms with van der Waals surface area (Å²) >= 11 is 0. The molecular weight excluding hydrogens is 220 g/mol. The Balaban J connectivity index is 2.43. The molecule has 7 heteroatoms. The monoisotopic (exact) mass is 228 g/mol. The molecule has 1 amide bonds. The van der Waals surface area contributed by atoms with Gasteiger partial charge in [0, 0.05) is 15.8 Å². The number of aromatic amines is 1. The van der Waals surface area contributed by atoms with Gasteiger partial charge in [0.25, 0.3) is 0 Å². The van der Waals surface area contributed by atoms with E-state index in [9.17, 15) is 4.79 Å². The minimum absolute atomic E-state index is 0.261. The molecule has 0 aliphatic carbocycles. The number of azide groups is 1. The number of carbonyl (C=O) groups excluding carboxylic acids is 1. The summed E-state index contributed by atoms with van der Waals surface area (Å²) in [5.41, 5.74) is 16.7. The van der Waals surface area contributed by atoms with Crippen LogP contribution in [0.2, 0.25) is 0 Å². The van der Waals surface area contributed by atoms with Crippen molar-refractivity contribution in [2.24, 2.45) is 10.2 Å². The van der Waals surface area contributed by atoms with Crippen molar-refractivity contribution >= 4 is 16.8 Å². The third-order valence-electron chi connectivity index (χ3n) is 2.34. The standard InChI is InChI=1S/C10H8N6O/c11-15-10(17)9-4-7-2-1-6(5-13-16-12)3-8(7)14-9/h1-4,11,14H,5H2. The van der Waals surface area contributed by atoms with Crippen molar-refractivity contribution in [3.8, 4) is 0 Å². The molecule has 7 nitrogen and oxygen atoms in total. The summed E-state index contributed by atoms with van der Waals surface area (Å²) in [6.07, 6.45) is 0. The number of H-pyrrole nitrogens is 1. The van der Waals surface area contributed by atoms with E-state index in [1.807, 2.05) is 12.1 Å². The molecule has 2 rings (SSSR count). The van der Waals surface area contributed by atoms with Gasteiger partial charge in [-0.3, -0.25) is 4.79 Å². The van der Waals surface area contributed by atoms with Crippen LogP contribution in [0.4, 0.5) is 0 Å². The van der Waals surface area contributed by atoms with Gasteiger partial charge in [-0.05, 0) is 23.2 Å². The molecule has 0 saturated carbocycles. The lowest BCUT2D eigenvalue weighted by molar-refractivity contribution is 0.0987. The zero-order chi connectivity index (χ0) is 12.3. The molecule has 0 radical (unpaired) electrons. The summed E-state index contributed by atoms with van der Waals surface area (Å²) < 4.78 is 0. The maximum Gasteiger partial charge on any atom is 0.311 e. The van der Waals surface area contributed by atoms with E-state index in [2.05, 4.69) is 20.1 Å². The summed E-state index contributed by atoms with van der Waals surface area (Å²) in [6.45, 7) is 0.261. The fraction of sp³-hybridized carbons (Fsp3) is 0.100. The number of nitrogens with zero attached hydrogens (tertiary/aromatic N) is 4. The van der Waals surface area contributed by atoms with Crippen LogP contribution in [0.5, 0.6) is 0 Å². The maximum atomic E-state index is 11.2. The molecule has 0 aliphatic heterocycles. The topological polar surface area (TPSA) is 118 Å². The van der Waals surface area contributed by atoms with Gasteiger partial charge >= 0.3 is 5.91 Å². The van der Waals surface area contributed by atoms with Crippen molar-refractivity contribution in [3.05, 3.63) is 46.0 Å². The van der Waals surface area contributed by atoms with Gasteiger partial charge in [-0.1, -0.05) is 17.2 Å². The number of hydrogen-bond donors (Lipinski definition) is 2. The highest BCUT2D eigenvalue weighted by Crippen LogP contribution is 2.18. The van der Waals surface area contributed by atoms with Gasteiger partial charge in [-0.15, -0.1) is 5.11 Å². The van der Waals surface area contributed by atoms with Gasteiger partial charge in [0.2, 0.25) is 0 Å². The van der Waals surface area contributed by atoms with E-state index < -0.39 is 5.91 Å². The van der Waals surface area contributed by atoms with Gasteiger partial charge in [0.1, 0.15) is 5.69 Å². The van der Waals surface area contributed by atoms with Gasteiger partial charge in [0.05, 0.1) is 6.54 Å². The molecule has 0 fully saturated rings. The largest absolute Gasteiger partial charge is 0.350 e. The number of fused-ring (bicyclic) bond motifs is 1. The highest BCUT2D eigenvalue weighted by Gasteiger charge is 2.08. The average Bonchev–Trinajstić information content (AvgIpc) is 2.78. The molecule has 0 aliphatic rings. The lowest BCUT2D eigenvalue weighted by Crippen LogP contribution is -1.91. The summed E-state index contributed by atoms with van der Waals surface area (Å²) in [5.74, 6) is -0.613. The second kappa shape index (κ2) is 4.46. The number of amides is 1. The highest BCUT2D eigenvalue weighted by molar-refractivity contribution is 5.98. The van der Waals surface area contributed by atoms with Crippen molar-refractivity contribution in [2.45, 2.75) is 6.54 Å². The van der Waals surface area contributed by atoms with Crippen LogP contribution in [0.3, 0.4) is 0 Å². The van der Waals surface area contributed by atoms with Crippen molar-refractivity contribution in [3.63, 3.8) is 0 Å². The molecule has 0 atom stereocenters. The number of hydrogen-bond acceptors (Lipinski definition) is 3. The van der Waals surface area contributed by atoms with Crippen molar-refractivity contribution in [1.29, 1.82) is 5.53 Å². The Morgan fingerprint density at radius 1 is 1.47 bits per heavy atom. The molecule has 0 unspecified atom stereocenters. The van der Waals surface area contributed by atoms with E-state index >= 15 is 0 Å². The zero-order valence-electron chi connectivity index (χ0n) is 8.71. The molecule has 84 valence electrons. The molecule has 1 aromatic carbocycles. The van der Waals surface area contributed by atoms with Gasteiger partial charge in [0.15, 0.2) is 0 Å². The van der Waals surface area contributed by atoms with E-state index in [4.69, 9.17) is 11.1 Å². The second-order valence-corrected chi connectivity index (χ2v) is 3.41. The van der Waals surface area contributed by atoms with Gasteiger partial charge < -0.3 is 4.98 Å². The van der Waals surface area contributed by atoms with Crippen LogP contribution in [-0.4, -0.2) is 10.9 Å². The van der Waals surface area contributed by atoms with E-state index in [0.29, 0.717) is 0 Å². The Bertz CT molecular complexity index is 637. The van der Waals surface area contributed by atoms with Crippen molar-refractivity contribution in [1.82, 2.24) is 4.98 Å². The van der Waals surface area contributed by atoms with Crippen LogP contribution in [0.15, 0.2) is 34.5 Å². The quantitative estimate of drug-likeness (QED) is 0.468. The maximum absolute atomic E-state index is 11.2. The number of carbonyl (C=O) groups is 1. The Kier molecular flexibility index (Phi) is 2.85. The Hall–Kier alpha value is -2.66. The first-order valence-corrected chi connectivity index (χ1v) is 4.79. The van der Waals surface area contributed by atoms with Crippen molar-refractivity contribution < 1.29 is 4.79 Å². The van der Waals surface area contributed by atoms with E-state index in [0.717, 1.165) is 16.5 Å². The summed E-state index contributed by atoms with van der Waals surface area (Å²) in [5, 5.41) is 7.15. The first kappa shape index (κ1) is 10.8. The highest BCUT2D eigenvalue weighted by atomic mass is 16.1. The lowest BCUT2D eigenvalue weighted by atomic mass is 10.1. The van der Waals surface area contributed by atoms with E-state index in [-0.39, 0.29) is 12.2 Å². The third-order valence-corrected chi connectivity index (χ3v) is 2.34. The van der Waals surface area contributed by atoms with Crippen molar-refractivity contribution in [2.75, 3.05) is 0 Å². The molecule has 2 N–H and O–H groups in total. The smallest absolute Gasteiger partial charge is 0.311 e. The first-order valence-electron chi connectivity index (χ1n) is 4.79. The molecule has 0 bridgehead atoms. The van der Waals surface area contributed by atoms with Crippen LogP contribution >= 0.6 is 0 Å². The predicted octanol–water partition coefficient (Wildman–Crippen LogP) is 3.15. The SMILES string of the molecule is [N-]=[N+]=NCc1ccc2cc(C(=O)N=N)[nH]c2c1. The molecule has 0 saturated heterocycles. The van der Waals surface area contributed by atoms with E-state index in [1.165, 1.54) is 0 Å². The van der Waals surface area contributed by atoms with Crippen LogP contribution < -0.4 is 0 Å². The second-order valence-electron chi connectivity index (χ2n) is 3.41. The molecule has 1 heterocycles. The fourth-order valence-electron chi connectivity index (χ4n) is 1.56. The first-order chi connectivity index (χ1) is 8.24. The third kappa shape index (κ3) is 2.14. The summed E-state index contributed by atoms with van der Waals surface area (Å²) in [4.78, 5) is 16.7. The molecule has 0 spiro atoms. The number of nitrogens with one attached hydrogen (secondary N) is 2. The number of aromatic nitrogens is 1. The number of rotatable bonds is 3. The summed E-state index contributed by atoms with van der Waals surface area (Å²) in [6, 6.07) is 7.06. The molecule has 1 aromatic heterocycles. The van der Waals surface area contributed by atoms with Gasteiger partial charge in [-0.25, -0.2) is 5.53 Å².